The molecule has 2 N–H and O–H groups in total. The van der Waals surface area contributed by atoms with Crippen molar-refractivity contribution < 1.29 is 19.2 Å². The Balaban J connectivity index is 1.66. The summed E-state index contributed by atoms with van der Waals surface area (Å²) in [5, 5.41) is 16.9. The molecule has 0 aliphatic carbocycles. The molecule has 2 heterocycles. The summed E-state index contributed by atoms with van der Waals surface area (Å²) in [4.78, 5) is 23.2. The van der Waals surface area contributed by atoms with E-state index in [2.05, 4.69) is 10.6 Å². The number of carbonyl (C=O) groups excluding carboxylic acids is 1. The van der Waals surface area contributed by atoms with Crippen molar-refractivity contribution in [3.8, 4) is 5.75 Å². The van der Waals surface area contributed by atoms with Crippen LogP contribution in [0.5, 0.6) is 5.75 Å². The molecule has 2 aliphatic heterocycles. The minimum atomic E-state index is -0.842. The van der Waals surface area contributed by atoms with Gasteiger partial charge in [0.1, 0.15) is 11.4 Å². The van der Waals surface area contributed by atoms with Gasteiger partial charge in [-0.2, -0.15) is 0 Å². The Morgan fingerprint density at radius 3 is 2.72 bits per heavy atom. The van der Waals surface area contributed by atoms with E-state index in [0.717, 1.165) is 0 Å². The van der Waals surface area contributed by atoms with E-state index in [1.807, 2.05) is 0 Å². The Kier molecular flexibility index (Phi) is 3.31. The van der Waals surface area contributed by atoms with Crippen molar-refractivity contribution in [1.29, 1.82) is 0 Å². The maximum absolute atomic E-state index is 12.7. The van der Waals surface area contributed by atoms with Crippen LogP contribution >= 0.6 is 0 Å². The molecule has 2 aromatic carbocycles. The van der Waals surface area contributed by atoms with Crippen molar-refractivity contribution in [2.75, 3.05) is 17.7 Å². The maximum atomic E-state index is 12.7. The lowest BCUT2D eigenvalue weighted by Crippen LogP contribution is -2.18. The molecule has 0 spiro atoms. The van der Waals surface area contributed by atoms with Crippen molar-refractivity contribution >= 4 is 22.8 Å². The third-order valence-corrected chi connectivity index (χ3v) is 4.09. The van der Waals surface area contributed by atoms with E-state index in [1.165, 1.54) is 19.2 Å². The molecule has 1 atom stereocenters. The molecule has 0 fully saturated rings. The first-order valence-electron chi connectivity index (χ1n) is 7.49. The van der Waals surface area contributed by atoms with E-state index in [-0.39, 0.29) is 23.1 Å². The number of hydrogen-bond acceptors (Lipinski definition) is 7. The summed E-state index contributed by atoms with van der Waals surface area (Å²) in [6.45, 7) is 0. The molecule has 0 saturated heterocycles. The van der Waals surface area contributed by atoms with Crippen molar-refractivity contribution in [3.05, 3.63) is 69.7 Å². The first kappa shape index (κ1) is 15.0. The topological polar surface area (TPSA) is 103 Å². The number of nitrogens with one attached hydrogen (secondary N) is 2. The molecule has 0 radical (unpaired) electrons. The highest BCUT2D eigenvalue weighted by molar-refractivity contribution is 6.06. The van der Waals surface area contributed by atoms with Gasteiger partial charge in [-0.15, -0.1) is 0 Å². The number of ether oxygens (including phenoxy) is 2. The number of rotatable bonds is 3. The van der Waals surface area contributed by atoms with E-state index in [9.17, 15) is 14.9 Å². The second kappa shape index (κ2) is 5.52. The lowest BCUT2D eigenvalue weighted by molar-refractivity contribution is -0.384. The summed E-state index contributed by atoms with van der Waals surface area (Å²) in [7, 11) is 1.52. The summed E-state index contributed by atoms with van der Waals surface area (Å²) in [5.41, 5.74) is 1.89. The normalized spacial score (nSPS) is 17.8. The number of non-ortho nitro benzene ring substituents is 1. The van der Waals surface area contributed by atoms with E-state index < -0.39 is 11.0 Å². The average molecular weight is 339 g/mol. The number of nitrogens with zero attached hydrogens (tertiary/aromatic N) is 1. The maximum Gasteiger partial charge on any atom is 0.271 e. The lowest BCUT2D eigenvalue weighted by atomic mass is 10.0. The fraction of sp³-hybridized carbons (Fsp3) is 0.118. The molecule has 2 aliphatic rings. The van der Waals surface area contributed by atoms with Crippen LogP contribution in [-0.2, 0) is 9.53 Å². The van der Waals surface area contributed by atoms with Gasteiger partial charge in [-0.05, 0) is 12.1 Å². The Morgan fingerprint density at radius 2 is 1.96 bits per heavy atom. The zero-order valence-corrected chi connectivity index (χ0v) is 13.1. The number of benzene rings is 2. The number of ketones is 1. The summed E-state index contributed by atoms with van der Waals surface area (Å²) >= 11 is 0. The second-order valence-electron chi connectivity index (χ2n) is 5.55. The van der Waals surface area contributed by atoms with Gasteiger partial charge in [-0.1, -0.05) is 18.2 Å². The van der Waals surface area contributed by atoms with Gasteiger partial charge in [-0.3, -0.25) is 14.9 Å². The fourth-order valence-corrected chi connectivity index (χ4v) is 2.89. The molecule has 0 amide bonds. The van der Waals surface area contributed by atoms with Gasteiger partial charge in [0.2, 0.25) is 11.7 Å². The van der Waals surface area contributed by atoms with Gasteiger partial charge in [0, 0.05) is 17.7 Å². The third-order valence-electron chi connectivity index (χ3n) is 4.09. The van der Waals surface area contributed by atoms with Crippen LogP contribution in [0.25, 0.3) is 0 Å². The van der Waals surface area contributed by atoms with E-state index in [0.29, 0.717) is 22.7 Å². The fourth-order valence-electron chi connectivity index (χ4n) is 2.89. The molecule has 0 aromatic heterocycles. The minimum Gasteiger partial charge on any atom is -0.496 e. The van der Waals surface area contributed by atoms with E-state index in [1.54, 1.807) is 30.3 Å². The molecule has 0 saturated carbocycles. The van der Waals surface area contributed by atoms with Crippen LogP contribution in [0.15, 0.2) is 54.0 Å². The number of fused-ring (bicyclic) bond motifs is 1. The first-order chi connectivity index (χ1) is 12.1. The minimum absolute atomic E-state index is 0.0531. The summed E-state index contributed by atoms with van der Waals surface area (Å²) in [5.74, 6) is 0.554. The van der Waals surface area contributed by atoms with Gasteiger partial charge in [0.15, 0.2) is 6.10 Å². The highest BCUT2D eigenvalue weighted by atomic mass is 16.6. The quantitative estimate of drug-likeness (QED) is 0.654. The summed E-state index contributed by atoms with van der Waals surface area (Å²) in [6, 6.07) is 11.4. The predicted molar refractivity (Wildman–Crippen MR) is 89.2 cm³/mol. The van der Waals surface area contributed by atoms with Crippen molar-refractivity contribution in [2.24, 2.45) is 0 Å². The number of nitro groups is 1. The van der Waals surface area contributed by atoms with Crippen molar-refractivity contribution in [2.45, 2.75) is 6.10 Å². The number of anilines is 2. The molecule has 8 heteroatoms. The smallest absolute Gasteiger partial charge is 0.271 e. The second-order valence-corrected chi connectivity index (χ2v) is 5.55. The molecule has 2 aromatic rings. The van der Waals surface area contributed by atoms with Gasteiger partial charge in [0.05, 0.1) is 23.4 Å². The zero-order valence-electron chi connectivity index (χ0n) is 13.1. The number of para-hydroxylation sites is 1. The SMILES string of the molecule is COc1ccccc1[C@H]1OC2=C(Nc3ccc([N+](=O)[O-])cc3N2)C1=O. The standard InChI is InChI=1S/C17H13N3O5/c1-24-13-5-3-2-4-10(13)16-15(21)14-17(25-16)19-12-8-9(20(22)23)6-7-11(12)18-14/h2-8,16,18-19H,1H3/t16-/m1/s1. The predicted octanol–water partition coefficient (Wildman–Crippen LogP) is 2.95. The number of methoxy groups -OCH3 is 1. The molecule has 25 heavy (non-hydrogen) atoms. The van der Waals surface area contributed by atoms with Crippen LogP contribution in [0.3, 0.4) is 0 Å². The van der Waals surface area contributed by atoms with Crippen LogP contribution in [0, 0.1) is 10.1 Å². The van der Waals surface area contributed by atoms with Crippen molar-refractivity contribution in [1.82, 2.24) is 0 Å². The summed E-state index contributed by atoms with van der Waals surface area (Å²) < 4.78 is 11.1. The molecule has 0 bridgehead atoms. The lowest BCUT2D eigenvalue weighted by Gasteiger charge is -2.19. The van der Waals surface area contributed by atoms with Gasteiger partial charge in [-0.25, -0.2) is 0 Å². The van der Waals surface area contributed by atoms with Crippen molar-refractivity contribution in [3.63, 3.8) is 0 Å². The highest BCUT2D eigenvalue weighted by Crippen LogP contribution is 2.42. The molecular formula is C17H13N3O5. The Bertz CT molecular complexity index is 938. The molecule has 4 rings (SSSR count). The Labute approximate surface area is 142 Å². The van der Waals surface area contributed by atoms with E-state index >= 15 is 0 Å². The zero-order chi connectivity index (χ0) is 17.6. The number of nitro benzene ring substituents is 1. The average Bonchev–Trinajstić information content (AvgIpc) is 2.95. The molecule has 0 unspecified atom stereocenters. The van der Waals surface area contributed by atoms with Gasteiger partial charge < -0.3 is 20.1 Å². The third kappa shape index (κ3) is 2.35. The van der Waals surface area contributed by atoms with E-state index in [4.69, 9.17) is 9.47 Å². The van der Waals surface area contributed by atoms with Gasteiger partial charge >= 0.3 is 0 Å². The Hall–Kier alpha value is -3.55. The van der Waals surface area contributed by atoms with Crippen LogP contribution in [0.2, 0.25) is 0 Å². The first-order valence-corrected chi connectivity index (χ1v) is 7.49. The van der Waals surface area contributed by atoms with Crippen LogP contribution in [0.1, 0.15) is 11.7 Å². The summed E-state index contributed by atoms with van der Waals surface area (Å²) in [6.07, 6.45) is -0.842. The Morgan fingerprint density at radius 1 is 1.16 bits per heavy atom. The monoisotopic (exact) mass is 339 g/mol. The highest BCUT2D eigenvalue weighted by Gasteiger charge is 2.40. The molecule has 8 nitrogen and oxygen atoms in total. The van der Waals surface area contributed by atoms with Crippen LogP contribution < -0.4 is 15.4 Å². The molecule has 126 valence electrons. The largest absolute Gasteiger partial charge is 0.496 e. The molecular weight excluding hydrogens is 326 g/mol. The number of Topliss-reactive ketones (excluding diaryl/α,β-unsaturated/α-hetero) is 1. The van der Waals surface area contributed by atoms with Crippen LogP contribution in [-0.4, -0.2) is 17.8 Å². The van der Waals surface area contributed by atoms with Gasteiger partial charge in [0.25, 0.3) is 5.69 Å². The van der Waals surface area contributed by atoms with Crippen LogP contribution in [0.4, 0.5) is 17.1 Å². The number of hydrogen-bond donors (Lipinski definition) is 2. The number of carbonyl (C=O) groups is 1.